The zero-order chi connectivity index (χ0) is 15.4. The highest BCUT2D eigenvalue weighted by molar-refractivity contribution is 5.79. The van der Waals surface area contributed by atoms with E-state index >= 15 is 0 Å². The van der Waals surface area contributed by atoms with E-state index in [4.69, 9.17) is 0 Å². The maximum absolute atomic E-state index is 12.4. The number of carbonyl (C=O) groups excluding carboxylic acids is 1. The topological polar surface area (TPSA) is 83.7 Å². The first kappa shape index (κ1) is 15.4. The molecule has 0 aromatic heterocycles. The Balaban J connectivity index is 2.04. The van der Waals surface area contributed by atoms with Crippen molar-refractivity contribution in [3.8, 4) is 0 Å². The van der Waals surface area contributed by atoms with Gasteiger partial charge >= 0.3 is 0 Å². The van der Waals surface area contributed by atoms with Crippen LogP contribution in [0.5, 0.6) is 0 Å². The molecule has 0 bridgehead atoms. The third-order valence-electron chi connectivity index (χ3n) is 3.93. The van der Waals surface area contributed by atoms with Crippen LogP contribution in [0.4, 0.5) is 5.69 Å². The summed E-state index contributed by atoms with van der Waals surface area (Å²) in [5.74, 6) is -0.0329. The number of nitrogens with zero attached hydrogens (tertiary/aromatic N) is 2. The average molecular weight is 292 g/mol. The van der Waals surface area contributed by atoms with E-state index in [2.05, 4.69) is 0 Å². The van der Waals surface area contributed by atoms with Gasteiger partial charge in [-0.1, -0.05) is 12.1 Å². The number of benzene rings is 1. The standard InChI is InChI=1S/C15H20N2O4/c1-11(18)14-4-2-3-9-16(14)15(19)10-12-5-7-13(8-6-12)17(20)21/h5-8,11,14,18H,2-4,9-10H2,1H3. The van der Waals surface area contributed by atoms with E-state index in [1.807, 2.05) is 0 Å². The third-order valence-corrected chi connectivity index (χ3v) is 3.93. The highest BCUT2D eigenvalue weighted by Gasteiger charge is 2.29. The average Bonchev–Trinajstić information content (AvgIpc) is 2.47. The fourth-order valence-corrected chi connectivity index (χ4v) is 2.78. The number of likely N-dealkylation sites (tertiary alicyclic amines) is 1. The van der Waals surface area contributed by atoms with Crippen LogP contribution in [0.3, 0.4) is 0 Å². The van der Waals surface area contributed by atoms with Gasteiger partial charge in [0.15, 0.2) is 0 Å². The maximum Gasteiger partial charge on any atom is 0.269 e. The van der Waals surface area contributed by atoms with E-state index < -0.39 is 11.0 Å². The van der Waals surface area contributed by atoms with Crippen LogP contribution in [0.25, 0.3) is 0 Å². The van der Waals surface area contributed by atoms with Crippen LogP contribution in [-0.4, -0.2) is 39.5 Å². The van der Waals surface area contributed by atoms with E-state index in [-0.39, 0.29) is 24.1 Å². The molecule has 1 amide bonds. The van der Waals surface area contributed by atoms with E-state index in [9.17, 15) is 20.0 Å². The number of nitro benzene ring substituents is 1. The summed E-state index contributed by atoms with van der Waals surface area (Å²) >= 11 is 0. The van der Waals surface area contributed by atoms with E-state index in [0.717, 1.165) is 24.8 Å². The summed E-state index contributed by atoms with van der Waals surface area (Å²) in [5.41, 5.74) is 0.770. The lowest BCUT2D eigenvalue weighted by molar-refractivity contribution is -0.384. The minimum Gasteiger partial charge on any atom is -0.391 e. The molecule has 0 saturated carbocycles. The molecule has 21 heavy (non-hydrogen) atoms. The maximum atomic E-state index is 12.4. The van der Waals surface area contributed by atoms with Crippen molar-refractivity contribution in [1.29, 1.82) is 0 Å². The lowest BCUT2D eigenvalue weighted by Crippen LogP contribution is -2.49. The van der Waals surface area contributed by atoms with E-state index in [0.29, 0.717) is 6.54 Å². The van der Waals surface area contributed by atoms with Gasteiger partial charge in [-0.15, -0.1) is 0 Å². The van der Waals surface area contributed by atoms with Crippen LogP contribution >= 0.6 is 0 Å². The summed E-state index contributed by atoms with van der Waals surface area (Å²) in [6.45, 7) is 2.38. The van der Waals surface area contributed by atoms with Crippen molar-refractivity contribution in [2.75, 3.05) is 6.54 Å². The second-order valence-electron chi connectivity index (χ2n) is 5.49. The number of non-ortho nitro benzene ring substituents is 1. The highest BCUT2D eigenvalue weighted by atomic mass is 16.6. The smallest absolute Gasteiger partial charge is 0.269 e. The normalized spacial score (nSPS) is 20.1. The molecule has 2 unspecified atom stereocenters. The lowest BCUT2D eigenvalue weighted by Gasteiger charge is -2.37. The monoisotopic (exact) mass is 292 g/mol. The fraction of sp³-hybridized carbons (Fsp3) is 0.533. The molecule has 1 N–H and O–H groups in total. The molecule has 1 aromatic rings. The molecule has 114 valence electrons. The lowest BCUT2D eigenvalue weighted by atomic mass is 9.97. The fourth-order valence-electron chi connectivity index (χ4n) is 2.78. The number of carbonyl (C=O) groups is 1. The van der Waals surface area contributed by atoms with Crippen LogP contribution in [0.15, 0.2) is 24.3 Å². The Morgan fingerprint density at radius 1 is 1.43 bits per heavy atom. The van der Waals surface area contributed by atoms with Crippen LogP contribution in [0.1, 0.15) is 31.7 Å². The molecule has 6 heteroatoms. The number of nitro groups is 1. The highest BCUT2D eigenvalue weighted by Crippen LogP contribution is 2.21. The number of rotatable bonds is 4. The molecule has 1 aliphatic rings. The second-order valence-corrected chi connectivity index (χ2v) is 5.49. The number of piperidine rings is 1. The molecule has 2 atom stereocenters. The van der Waals surface area contributed by atoms with Gasteiger partial charge in [0, 0.05) is 18.7 Å². The first-order valence-electron chi connectivity index (χ1n) is 7.20. The Morgan fingerprint density at radius 3 is 2.67 bits per heavy atom. The summed E-state index contributed by atoms with van der Waals surface area (Å²) in [6.07, 6.45) is 2.47. The minimum atomic E-state index is -0.536. The molecule has 1 fully saturated rings. The van der Waals surface area contributed by atoms with Gasteiger partial charge < -0.3 is 10.0 Å². The molecule has 0 radical (unpaired) electrons. The molecule has 0 aliphatic carbocycles. The van der Waals surface area contributed by atoms with E-state index in [1.165, 1.54) is 12.1 Å². The first-order chi connectivity index (χ1) is 9.99. The summed E-state index contributed by atoms with van der Waals surface area (Å²) in [6, 6.07) is 5.91. The van der Waals surface area contributed by atoms with Gasteiger partial charge in [-0.2, -0.15) is 0 Å². The zero-order valence-corrected chi connectivity index (χ0v) is 12.1. The van der Waals surface area contributed by atoms with Gasteiger partial charge in [-0.25, -0.2) is 0 Å². The Morgan fingerprint density at radius 2 is 2.10 bits per heavy atom. The van der Waals surface area contributed by atoms with Gasteiger partial charge in [0.2, 0.25) is 5.91 Å². The zero-order valence-electron chi connectivity index (χ0n) is 12.1. The number of hydrogen-bond acceptors (Lipinski definition) is 4. The van der Waals surface area contributed by atoms with Gasteiger partial charge in [-0.3, -0.25) is 14.9 Å². The molecule has 1 heterocycles. The van der Waals surface area contributed by atoms with Crippen molar-refractivity contribution in [2.45, 2.75) is 44.8 Å². The molecule has 6 nitrogen and oxygen atoms in total. The van der Waals surface area contributed by atoms with Gasteiger partial charge in [0.25, 0.3) is 5.69 Å². The first-order valence-corrected chi connectivity index (χ1v) is 7.20. The number of aliphatic hydroxyl groups excluding tert-OH is 1. The molecule has 0 spiro atoms. The molecule has 1 saturated heterocycles. The Hall–Kier alpha value is -1.95. The molecule has 1 aliphatic heterocycles. The van der Waals surface area contributed by atoms with Crippen LogP contribution in [-0.2, 0) is 11.2 Å². The van der Waals surface area contributed by atoms with Gasteiger partial charge in [0.05, 0.1) is 23.5 Å². The van der Waals surface area contributed by atoms with Crippen molar-refractivity contribution in [2.24, 2.45) is 0 Å². The number of hydrogen-bond donors (Lipinski definition) is 1. The summed E-state index contributed by atoms with van der Waals surface area (Å²) < 4.78 is 0. The predicted octanol–water partition coefficient (Wildman–Crippen LogP) is 1.90. The number of amides is 1. The van der Waals surface area contributed by atoms with Gasteiger partial charge in [0.1, 0.15) is 0 Å². The van der Waals surface area contributed by atoms with Crippen LogP contribution in [0.2, 0.25) is 0 Å². The van der Waals surface area contributed by atoms with Crippen LogP contribution in [0, 0.1) is 10.1 Å². The predicted molar refractivity (Wildman–Crippen MR) is 77.8 cm³/mol. The Bertz CT molecular complexity index is 513. The largest absolute Gasteiger partial charge is 0.391 e. The SMILES string of the molecule is CC(O)C1CCCCN1C(=O)Cc1ccc([N+](=O)[O-])cc1. The third kappa shape index (κ3) is 3.78. The number of aliphatic hydroxyl groups is 1. The van der Waals surface area contributed by atoms with Crippen LogP contribution < -0.4 is 0 Å². The van der Waals surface area contributed by atoms with Crippen molar-refractivity contribution in [3.63, 3.8) is 0 Å². The minimum absolute atomic E-state index is 0.0195. The second kappa shape index (κ2) is 6.67. The van der Waals surface area contributed by atoms with Gasteiger partial charge in [-0.05, 0) is 31.7 Å². The van der Waals surface area contributed by atoms with E-state index in [1.54, 1.807) is 24.0 Å². The van der Waals surface area contributed by atoms with Crippen molar-refractivity contribution in [1.82, 2.24) is 4.90 Å². The molecule has 1 aromatic carbocycles. The van der Waals surface area contributed by atoms with Crippen molar-refractivity contribution in [3.05, 3.63) is 39.9 Å². The Labute approximate surface area is 123 Å². The molecular weight excluding hydrogens is 272 g/mol. The summed E-state index contributed by atoms with van der Waals surface area (Å²) in [5, 5.41) is 20.4. The quantitative estimate of drug-likeness (QED) is 0.678. The molecule has 2 rings (SSSR count). The summed E-state index contributed by atoms with van der Waals surface area (Å²) in [4.78, 5) is 24.3. The summed E-state index contributed by atoms with van der Waals surface area (Å²) in [7, 11) is 0. The molecular formula is C15H20N2O4. The van der Waals surface area contributed by atoms with Crippen molar-refractivity contribution >= 4 is 11.6 Å². The van der Waals surface area contributed by atoms with Crippen molar-refractivity contribution < 1.29 is 14.8 Å². The Kier molecular flexibility index (Phi) is 4.90.